The number of hydrogen-bond donors (Lipinski definition) is 0. The maximum absolute atomic E-state index is 12.3. The molecule has 2 aromatic rings. The van der Waals surface area contributed by atoms with Crippen molar-refractivity contribution in [2.45, 2.75) is 0 Å². The summed E-state index contributed by atoms with van der Waals surface area (Å²) in [7, 11) is -5.01. The first-order valence-corrected chi connectivity index (χ1v) is 7.44. The summed E-state index contributed by atoms with van der Waals surface area (Å²) in [6.07, 6.45) is 0. The molecular weight excluding hydrogens is 351 g/mol. The lowest BCUT2D eigenvalue weighted by Gasteiger charge is -1.99. The molecule has 0 radical (unpaired) electrons. The lowest BCUT2D eigenvalue weighted by molar-refractivity contribution is 0.440. The second-order valence-corrected chi connectivity index (χ2v) is 5.52. The fourth-order valence-electron chi connectivity index (χ4n) is 1.31. The minimum Gasteiger partial charge on any atom is -0.358 e. The zero-order valence-electron chi connectivity index (χ0n) is 9.90. The molecule has 0 fully saturated rings. The summed E-state index contributed by atoms with van der Waals surface area (Å²) in [6.45, 7) is 0. The van der Waals surface area contributed by atoms with E-state index in [0.29, 0.717) is 11.4 Å². The van der Waals surface area contributed by atoms with Crippen molar-refractivity contribution in [1.29, 1.82) is 0 Å². The van der Waals surface area contributed by atoms with Gasteiger partial charge in [-0.15, -0.1) is 0 Å². The highest BCUT2D eigenvalue weighted by molar-refractivity contribution is 9.10. The van der Waals surface area contributed by atoms with Crippen LogP contribution in [-0.4, -0.2) is 8.42 Å². The van der Waals surface area contributed by atoms with Crippen molar-refractivity contribution in [3.8, 4) is 5.75 Å². The van der Waals surface area contributed by atoms with E-state index in [2.05, 4.69) is 30.3 Å². The van der Waals surface area contributed by atoms with E-state index < -0.39 is 10.5 Å². The Hall–Kier alpha value is -1.80. The van der Waals surface area contributed by atoms with Crippen LogP contribution in [0.25, 0.3) is 0 Å². The Labute approximate surface area is 123 Å². The number of halogens is 2. The Morgan fingerprint density at radius 2 is 1.35 bits per heavy atom. The van der Waals surface area contributed by atoms with Crippen LogP contribution in [0.15, 0.2) is 63.2 Å². The summed E-state index contributed by atoms with van der Waals surface area (Å²) in [4.78, 5) is 0. The number of rotatable bonds is 4. The van der Waals surface area contributed by atoms with E-state index in [4.69, 9.17) is 0 Å². The van der Waals surface area contributed by atoms with Gasteiger partial charge in [0.1, 0.15) is 5.75 Å². The molecule has 0 heterocycles. The van der Waals surface area contributed by atoms with Crippen molar-refractivity contribution < 1.29 is 16.5 Å². The van der Waals surface area contributed by atoms with Gasteiger partial charge >= 0.3 is 10.5 Å². The first kappa shape index (κ1) is 14.6. The highest BCUT2D eigenvalue weighted by Crippen LogP contribution is 2.23. The average Bonchev–Trinajstić information content (AvgIpc) is 2.38. The lowest BCUT2D eigenvalue weighted by Crippen LogP contribution is -2.00. The van der Waals surface area contributed by atoms with Crippen molar-refractivity contribution in [1.82, 2.24) is 0 Å². The third-order valence-corrected chi connectivity index (χ3v) is 3.06. The Bertz CT molecular complexity index is 715. The highest BCUT2D eigenvalue weighted by atomic mass is 79.9. The van der Waals surface area contributed by atoms with E-state index in [9.17, 15) is 12.3 Å². The van der Waals surface area contributed by atoms with Gasteiger partial charge in [-0.05, 0) is 48.5 Å². The molecule has 2 aromatic carbocycles. The van der Waals surface area contributed by atoms with Crippen LogP contribution in [0, 0.1) is 0 Å². The third-order valence-electron chi connectivity index (χ3n) is 2.14. The second-order valence-electron chi connectivity index (χ2n) is 3.65. The molecule has 0 aliphatic heterocycles. The van der Waals surface area contributed by atoms with Crippen LogP contribution in [0.1, 0.15) is 0 Å². The Morgan fingerprint density at radius 1 is 0.900 bits per heavy atom. The largest absolute Gasteiger partial charge is 0.488 e. The molecule has 2 rings (SSSR count). The molecule has 0 N–H and O–H groups in total. The molecule has 8 heteroatoms. The summed E-state index contributed by atoms with van der Waals surface area (Å²) in [5.41, 5.74) is 1.15. The first-order chi connectivity index (χ1) is 9.42. The SMILES string of the molecule is O=S(=O)(F)Oc1ccc(/N=N/c2ccc(Br)cc2)cc1. The van der Waals surface area contributed by atoms with Crippen molar-refractivity contribution in [3.05, 3.63) is 53.0 Å². The smallest absolute Gasteiger partial charge is 0.358 e. The molecule has 20 heavy (non-hydrogen) atoms. The van der Waals surface area contributed by atoms with Crippen molar-refractivity contribution in [2.24, 2.45) is 10.2 Å². The van der Waals surface area contributed by atoms with Gasteiger partial charge in [-0.2, -0.15) is 18.6 Å². The molecule has 0 unspecified atom stereocenters. The van der Waals surface area contributed by atoms with Crippen LogP contribution >= 0.6 is 15.9 Å². The number of benzene rings is 2. The summed E-state index contributed by atoms with van der Waals surface area (Å²) in [6, 6.07) is 12.7. The van der Waals surface area contributed by atoms with E-state index in [-0.39, 0.29) is 5.75 Å². The van der Waals surface area contributed by atoms with Gasteiger partial charge < -0.3 is 4.18 Å². The van der Waals surface area contributed by atoms with Gasteiger partial charge in [0.25, 0.3) is 0 Å². The highest BCUT2D eigenvalue weighted by Gasteiger charge is 2.08. The van der Waals surface area contributed by atoms with Gasteiger partial charge in [-0.3, -0.25) is 0 Å². The van der Waals surface area contributed by atoms with Crippen molar-refractivity contribution >= 4 is 37.8 Å². The molecule has 0 spiro atoms. The fourth-order valence-corrected chi connectivity index (χ4v) is 1.91. The second kappa shape index (κ2) is 6.10. The minimum atomic E-state index is -5.01. The maximum atomic E-state index is 12.3. The van der Waals surface area contributed by atoms with Gasteiger partial charge in [-0.1, -0.05) is 19.8 Å². The van der Waals surface area contributed by atoms with Gasteiger partial charge in [0.2, 0.25) is 0 Å². The van der Waals surface area contributed by atoms with Gasteiger partial charge in [0, 0.05) is 4.47 Å². The summed E-state index contributed by atoms with van der Waals surface area (Å²) >= 11 is 3.31. The van der Waals surface area contributed by atoms with E-state index in [1.165, 1.54) is 24.3 Å². The molecule has 0 aromatic heterocycles. The normalized spacial score (nSPS) is 11.7. The lowest BCUT2D eigenvalue weighted by atomic mass is 10.3. The Balaban J connectivity index is 2.09. The third kappa shape index (κ3) is 4.71. The Morgan fingerprint density at radius 3 is 1.80 bits per heavy atom. The fraction of sp³-hybridized carbons (Fsp3) is 0. The molecule has 0 amide bonds. The van der Waals surface area contributed by atoms with Gasteiger partial charge in [-0.25, -0.2) is 0 Å². The van der Waals surface area contributed by atoms with Crippen LogP contribution in [0.3, 0.4) is 0 Å². The van der Waals surface area contributed by atoms with E-state index in [0.717, 1.165) is 4.47 Å². The molecule has 0 aliphatic rings. The van der Waals surface area contributed by atoms with Crippen LogP contribution in [0.2, 0.25) is 0 Å². The van der Waals surface area contributed by atoms with E-state index >= 15 is 0 Å². The summed E-state index contributed by atoms with van der Waals surface area (Å²) in [5, 5.41) is 7.95. The summed E-state index contributed by atoms with van der Waals surface area (Å²) in [5.74, 6) is -0.130. The van der Waals surface area contributed by atoms with E-state index in [1.54, 1.807) is 12.1 Å². The topological polar surface area (TPSA) is 68.1 Å². The van der Waals surface area contributed by atoms with Crippen LogP contribution < -0.4 is 4.18 Å². The van der Waals surface area contributed by atoms with Gasteiger partial charge in [0.05, 0.1) is 11.4 Å². The molecule has 0 aliphatic carbocycles. The molecule has 0 atom stereocenters. The predicted octanol–water partition coefficient (Wildman–Crippen LogP) is 4.46. The zero-order chi connectivity index (χ0) is 14.6. The van der Waals surface area contributed by atoms with E-state index in [1.807, 2.05) is 12.1 Å². The van der Waals surface area contributed by atoms with Crippen molar-refractivity contribution in [3.63, 3.8) is 0 Å². The number of hydrogen-bond acceptors (Lipinski definition) is 5. The zero-order valence-corrected chi connectivity index (χ0v) is 12.3. The average molecular weight is 359 g/mol. The minimum absolute atomic E-state index is 0.130. The number of azo groups is 1. The summed E-state index contributed by atoms with van der Waals surface area (Å²) < 4.78 is 37.9. The van der Waals surface area contributed by atoms with Crippen LogP contribution in [0.5, 0.6) is 5.75 Å². The first-order valence-electron chi connectivity index (χ1n) is 5.34. The number of nitrogens with zero attached hydrogens (tertiary/aromatic N) is 2. The van der Waals surface area contributed by atoms with Gasteiger partial charge in [0.15, 0.2) is 0 Å². The van der Waals surface area contributed by atoms with Crippen LogP contribution in [-0.2, 0) is 10.5 Å². The maximum Gasteiger partial charge on any atom is 0.488 e. The molecule has 104 valence electrons. The van der Waals surface area contributed by atoms with Crippen LogP contribution in [0.4, 0.5) is 15.3 Å². The quantitative estimate of drug-likeness (QED) is 0.598. The molecule has 0 saturated carbocycles. The van der Waals surface area contributed by atoms with Crippen molar-refractivity contribution in [2.75, 3.05) is 0 Å². The Kier molecular flexibility index (Phi) is 4.46. The molecule has 5 nitrogen and oxygen atoms in total. The standard InChI is InChI=1S/C12H8BrFN2O3S/c13-9-1-3-10(4-2-9)15-16-11-5-7-12(8-6-11)19-20(14,17)18/h1-8H/b16-15+. The molecular formula is C12H8BrFN2O3S. The monoisotopic (exact) mass is 358 g/mol. The predicted molar refractivity (Wildman–Crippen MR) is 75.4 cm³/mol. The molecule has 0 bridgehead atoms. The molecule has 0 saturated heterocycles.